The van der Waals surface area contributed by atoms with Crippen molar-refractivity contribution >= 4 is 5.71 Å². The van der Waals surface area contributed by atoms with Gasteiger partial charge >= 0.3 is 0 Å². The van der Waals surface area contributed by atoms with E-state index in [1.807, 2.05) is 13.8 Å². The highest BCUT2D eigenvalue weighted by Crippen LogP contribution is 2.13. The van der Waals surface area contributed by atoms with Crippen LogP contribution in [0.5, 0.6) is 0 Å². The van der Waals surface area contributed by atoms with E-state index in [-0.39, 0.29) is 12.5 Å². The van der Waals surface area contributed by atoms with Crippen molar-refractivity contribution in [1.82, 2.24) is 0 Å². The Kier molecular flexibility index (Phi) is 7.78. The van der Waals surface area contributed by atoms with Gasteiger partial charge in [0.05, 0.1) is 6.10 Å². The summed E-state index contributed by atoms with van der Waals surface area (Å²) in [5.41, 5.74) is 0.291. The van der Waals surface area contributed by atoms with E-state index in [2.05, 4.69) is 11.7 Å². The van der Waals surface area contributed by atoms with Crippen molar-refractivity contribution in [2.75, 3.05) is 13.7 Å². The van der Waals surface area contributed by atoms with Crippen LogP contribution in [0.3, 0.4) is 0 Å². The van der Waals surface area contributed by atoms with Crippen LogP contribution in [0.15, 0.2) is 17.8 Å². The molecular weight excluding hydrogens is 222 g/mol. The Bertz CT molecular complexity index is 251. The minimum Gasteiger partial charge on any atom is -0.391 e. The fourth-order valence-electron chi connectivity index (χ4n) is 1.42. The molecule has 0 aromatic carbocycles. The van der Waals surface area contributed by atoms with Crippen LogP contribution in [0.2, 0.25) is 0 Å². The average Bonchev–Trinajstić information content (AvgIpc) is 2.26. The summed E-state index contributed by atoms with van der Waals surface area (Å²) in [5.74, 6) is 0.111. The van der Waals surface area contributed by atoms with E-state index in [4.69, 9.17) is 9.57 Å². The Morgan fingerprint density at radius 2 is 1.94 bits per heavy atom. The highest BCUT2D eigenvalue weighted by atomic mass is 16.6. The third-order valence-corrected chi connectivity index (χ3v) is 2.27. The molecular formula is C12H23NO4. The predicted molar refractivity (Wildman–Crippen MR) is 66.9 cm³/mol. The molecule has 0 aromatic heterocycles. The Hall–Kier alpha value is -0.910. The quantitative estimate of drug-likeness (QED) is 0.289. The molecule has 0 aromatic rings. The van der Waals surface area contributed by atoms with Crippen molar-refractivity contribution in [2.24, 2.45) is 11.1 Å². The molecule has 0 aliphatic heterocycles. The van der Waals surface area contributed by atoms with E-state index >= 15 is 0 Å². The monoisotopic (exact) mass is 245 g/mol. The molecule has 3 atom stereocenters. The summed E-state index contributed by atoms with van der Waals surface area (Å²) < 4.78 is 5.27. The van der Waals surface area contributed by atoms with Gasteiger partial charge in [-0.25, -0.2) is 0 Å². The Balaban J connectivity index is 4.93. The second-order valence-corrected chi connectivity index (χ2v) is 4.19. The van der Waals surface area contributed by atoms with Crippen LogP contribution in [-0.4, -0.2) is 48.0 Å². The van der Waals surface area contributed by atoms with Gasteiger partial charge in [0.2, 0.25) is 0 Å². The standard InChI is InChI=1S/C12H23NO4/c1-6-7-17-13-10(11(15)9(4)14)12(16-5)8(2)3/h6,8-9,11-12,14-15H,1,7H2,2-5H3/b13-10+/t9-,11+,12+/m1/s1. The number of nitrogens with zero attached hydrogens (tertiary/aromatic N) is 1. The number of hydrogen-bond acceptors (Lipinski definition) is 5. The number of rotatable bonds is 8. The summed E-state index contributed by atoms with van der Waals surface area (Å²) >= 11 is 0. The maximum absolute atomic E-state index is 9.87. The first-order valence-corrected chi connectivity index (χ1v) is 5.65. The summed E-state index contributed by atoms with van der Waals surface area (Å²) in [7, 11) is 1.53. The molecule has 100 valence electrons. The van der Waals surface area contributed by atoms with Crippen LogP contribution >= 0.6 is 0 Å². The van der Waals surface area contributed by atoms with Gasteiger partial charge in [0.15, 0.2) is 0 Å². The van der Waals surface area contributed by atoms with Crippen LogP contribution in [0, 0.1) is 5.92 Å². The van der Waals surface area contributed by atoms with Crippen molar-refractivity contribution in [3.63, 3.8) is 0 Å². The smallest absolute Gasteiger partial charge is 0.135 e. The van der Waals surface area contributed by atoms with Gasteiger partial charge in [-0.1, -0.05) is 31.7 Å². The molecule has 0 heterocycles. The van der Waals surface area contributed by atoms with Gasteiger partial charge in [0.1, 0.15) is 24.5 Å². The summed E-state index contributed by atoms with van der Waals surface area (Å²) in [6, 6.07) is 0. The van der Waals surface area contributed by atoms with Crippen molar-refractivity contribution in [1.29, 1.82) is 0 Å². The van der Waals surface area contributed by atoms with E-state index < -0.39 is 18.3 Å². The van der Waals surface area contributed by atoms with Crippen LogP contribution in [0.4, 0.5) is 0 Å². The first kappa shape index (κ1) is 16.1. The van der Waals surface area contributed by atoms with Crippen molar-refractivity contribution in [3.8, 4) is 0 Å². The minimum atomic E-state index is -1.10. The number of aliphatic hydroxyl groups is 2. The summed E-state index contributed by atoms with van der Waals surface area (Å²) in [4.78, 5) is 4.97. The Morgan fingerprint density at radius 1 is 1.35 bits per heavy atom. The molecule has 0 aliphatic rings. The second-order valence-electron chi connectivity index (χ2n) is 4.19. The normalized spacial score (nSPS) is 17.7. The maximum Gasteiger partial charge on any atom is 0.135 e. The minimum absolute atomic E-state index is 0.111. The lowest BCUT2D eigenvalue weighted by atomic mass is 9.96. The molecule has 5 heteroatoms. The van der Waals surface area contributed by atoms with Crippen LogP contribution < -0.4 is 0 Å². The predicted octanol–water partition coefficient (Wildman–Crippen LogP) is 0.958. The number of ether oxygens (including phenoxy) is 1. The molecule has 17 heavy (non-hydrogen) atoms. The third kappa shape index (κ3) is 5.30. The highest BCUT2D eigenvalue weighted by molar-refractivity contribution is 5.92. The Morgan fingerprint density at radius 3 is 2.29 bits per heavy atom. The molecule has 0 saturated carbocycles. The number of hydrogen-bond donors (Lipinski definition) is 2. The molecule has 0 saturated heterocycles. The highest BCUT2D eigenvalue weighted by Gasteiger charge is 2.29. The van der Waals surface area contributed by atoms with Gasteiger partial charge in [-0.2, -0.15) is 0 Å². The summed E-state index contributed by atoms with van der Waals surface area (Å²) in [6.07, 6.45) is -0.887. The number of methoxy groups -OCH3 is 1. The molecule has 0 spiro atoms. The van der Waals surface area contributed by atoms with E-state index in [9.17, 15) is 10.2 Å². The fourth-order valence-corrected chi connectivity index (χ4v) is 1.42. The van der Waals surface area contributed by atoms with Gasteiger partial charge in [0.25, 0.3) is 0 Å². The maximum atomic E-state index is 9.87. The van der Waals surface area contributed by atoms with E-state index in [1.165, 1.54) is 14.0 Å². The van der Waals surface area contributed by atoms with E-state index in [1.54, 1.807) is 6.08 Å². The first-order chi connectivity index (χ1) is 7.95. The van der Waals surface area contributed by atoms with E-state index in [0.29, 0.717) is 5.71 Å². The van der Waals surface area contributed by atoms with Gasteiger partial charge in [-0.05, 0) is 12.8 Å². The largest absolute Gasteiger partial charge is 0.391 e. The average molecular weight is 245 g/mol. The van der Waals surface area contributed by atoms with Gasteiger partial charge in [-0.3, -0.25) is 0 Å². The van der Waals surface area contributed by atoms with Crippen LogP contribution in [-0.2, 0) is 9.57 Å². The lowest BCUT2D eigenvalue weighted by Gasteiger charge is -2.25. The topological polar surface area (TPSA) is 71.3 Å². The molecule has 5 nitrogen and oxygen atoms in total. The lowest BCUT2D eigenvalue weighted by Crippen LogP contribution is -2.42. The second kappa shape index (κ2) is 8.22. The zero-order chi connectivity index (χ0) is 13.4. The third-order valence-electron chi connectivity index (χ3n) is 2.27. The fraction of sp³-hybridized carbons (Fsp3) is 0.750. The van der Waals surface area contributed by atoms with Gasteiger partial charge < -0.3 is 19.8 Å². The molecule has 0 rings (SSSR count). The van der Waals surface area contributed by atoms with E-state index in [0.717, 1.165) is 0 Å². The lowest BCUT2D eigenvalue weighted by molar-refractivity contribution is 0.0460. The Labute approximate surface area is 103 Å². The van der Waals surface area contributed by atoms with Crippen LogP contribution in [0.1, 0.15) is 20.8 Å². The van der Waals surface area contributed by atoms with Crippen molar-refractivity contribution in [2.45, 2.75) is 39.1 Å². The summed E-state index contributed by atoms with van der Waals surface area (Å²) in [5, 5.41) is 23.1. The molecule has 0 unspecified atom stereocenters. The molecule has 0 aliphatic carbocycles. The van der Waals surface area contributed by atoms with Crippen molar-refractivity contribution < 1.29 is 19.8 Å². The zero-order valence-electron chi connectivity index (χ0n) is 11.0. The molecule has 0 bridgehead atoms. The molecule has 0 radical (unpaired) electrons. The molecule has 0 amide bonds. The van der Waals surface area contributed by atoms with Crippen molar-refractivity contribution in [3.05, 3.63) is 12.7 Å². The van der Waals surface area contributed by atoms with Gasteiger partial charge in [-0.15, -0.1) is 0 Å². The van der Waals surface area contributed by atoms with Crippen LogP contribution in [0.25, 0.3) is 0 Å². The first-order valence-electron chi connectivity index (χ1n) is 5.65. The molecule has 0 fully saturated rings. The summed E-state index contributed by atoms with van der Waals surface area (Å²) in [6.45, 7) is 9.10. The number of aliphatic hydroxyl groups excluding tert-OH is 2. The SMILES string of the molecule is C=CCO/N=C(/[C@@H](OC)C(C)C)[C@@H](O)[C@@H](C)O. The van der Waals surface area contributed by atoms with Gasteiger partial charge in [0, 0.05) is 7.11 Å². The molecule has 2 N–H and O–H groups in total. The number of oxime groups is 1. The zero-order valence-corrected chi connectivity index (χ0v) is 11.0.